The Balaban J connectivity index is 1.99. The largest absolute Gasteiger partial charge is 0.402 e. The summed E-state index contributed by atoms with van der Waals surface area (Å²) in [6.07, 6.45) is 1.75. The Hall–Kier alpha value is -2.39. The third-order valence-corrected chi connectivity index (χ3v) is 3.65. The number of halogens is 1. The molecule has 2 aromatic carbocycles. The van der Waals surface area contributed by atoms with Gasteiger partial charge in [-0.1, -0.05) is 41.4 Å². The van der Waals surface area contributed by atoms with Crippen LogP contribution in [0.25, 0.3) is 6.08 Å². The van der Waals surface area contributed by atoms with Crippen molar-refractivity contribution < 1.29 is 9.53 Å². The first-order chi connectivity index (χ1) is 10.5. The Bertz CT molecular complexity index is 822. The van der Waals surface area contributed by atoms with Crippen molar-refractivity contribution in [3.8, 4) is 0 Å². The van der Waals surface area contributed by atoms with E-state index in [4.69, 9.17) is 16.3 Å². The fourth-order valence-corrected chi connectivity index (χ4v) is 2.41. The lowest BCUT2D eigenvalue weighted by Crippen LogP contribution is -2.05. The molecule has 3 nitrogen and oxygen atoms in total. The van der Waals surface area contributed by atoms with Crippen molar-refractivity contribution in [2.45, 2.75) is 13.8 Å². The van der Waals surface area contributed by atoms with Crippen molar-refractivity contribution in [1.82, 2.24) is 0 Å². The van der Waals surface area contributed by atoms with E-state index in [9.17, 15) is 4.79 Å². The normalized spacial score (nSPS) is 15.9. The molecule has 3 rings (SSSR count). The summed E-state index contributed by atoms with van der Waals surface area (Å²) < 4.78 is 5.24. The molecule has 0 aliphatic carbocycles. The van der Waals surface area contributed by atoms with Gasteiger partial charge in [0, 0.05) is 10.6 Å². The maximum absolute atomic E-state index is 12.0. The Labute approximate surface area is 133 Å². The zero-order valence-corrected chi connectivity index (χ0v) is 13.0. The molecule has 0 spiro atoms. The average Bonchev–Trinajstić information content (AvgIpc) is 2.84. The predicted molar refractivity (Wildman–Crippen MR) is 88.0 cm³/mol. The van der Waals surface area contributed by atoms with E-state index in [1.54, 1.807) is 30.3 Å². The monoisotopic (exact) mass is 311 g/mol. The van der Waals surface area contributed by atoms with Crippen molar-refractivity contribution in [3.05, 3.63) is 75.4 Å². The van der Waals surface area contributed by atoms with Gasteiger partial charge in [-0.05, 0) is 49.2 Å². The van der Waals surface area contributed by atoms with E-state index >= 15 is 0 Å². The summed E-state index contributed by atoms with van der Waals surface area (Å²) in [6.45, 7) is 4.00. The van der Waals surface area contributed by atoms with E-state index in [0.717, 1.165) is 16.7 Å². The molecule has 1 aliphatic rings. The summed E-state index contributed by atoms with van der Waals surface area (Å²) in [5, 5.41) is 0.572. The third-order valence-electron chi connectivity index (χ3n) is 3.42. The second-order valence-electron chi connectivity index (χ2n) is 5.21. The molecule has 0 unspecified atom stereocenters. The highest BCUT2D eigenvalue weighted by Gasteiger charge is 2.24. The summed E-state index contributed by atoms with van der Waals surface area (Å²) in [4.78, 5) is 16.3. The minimum atomic E-state index is -0.448. The maximum Gasteiger partial charge on any atom is 0.363 e. The standard InChI is InChI=1S/C18H14ClNO2/c1-11-6-7-12(2)14(8-11)10-16-18(21)22-17(20-16)13-4-3-5-15(19)9-13/h3-10H,1-2H3/b16-10-. The second-order valence-corrected chi connectivity index (χ2v) is 5.64. The van der Waals surface area contributed by atoms with Crippen molar-refractivity contribution in [2.24, 2.45) is 4.99 Å². The Kier molecular flexibility index (Phi) is 3.82. The minimum Gasteiger partial charge on any atom is -0.402 e. The number of ether oxygens (including phenoxy) is 1. The van der Waals surface area contributed by atoms with Gasteiger partial charge in [-0.2, -0.15) is 0 Å². The Morgan fingerprint density at radius 2 is 1.95 bits per heavy atom. The van der Waals surface area contributed by atoms with Gasteiger partial charge < -0.3 is 4.74 Å². The van der Waals surface area contributed by atoms with Gasteiger partial charge in [-0.15, -0.1) is 0 Å². The molecule has 0 fully saturated rings. The molecular formula is C18H14ClNO2. The number of rotatable bonds is 2. The summed E-state index contributed by atoms with van der Waals surface area (Å²) in [7, 11) is 0. The molecule has 1 aliphatic heterocycles. The number of hydrogen-bond acceptors (Lipinski definition) is 3. The molecule has 0 aromatic heterocycles. The highest BCUT2D eigenvalue weighted by molar-refractivity contribution is 6.31. The average molecular weight is 312 g/mol. The van der Waals surface area contributed by atoms with Crippen molar-refractivity contribution in [1.29, 1.82) is 0 Å². The van der Waals surface area contributed by atoms with E-state index in [1.807, 2.05) is 32.0 Å². The van der Waals surface area contributed by atoms with E-state index in [0.29, 0.717) is 16.3 Å². The number of carbonyl (C=O) groups excluding carboxylic acids is 1. The van der Waals surface area contributed by atoms with E-state index < -0.39 is 5.97 Å². The molecule has 0 saturated carbocycles. The first kappa shape index (κ1) is 14.5. The van der Waals surface area contributed by atoms with Crippen LogP contribution in [0.5, 0.6) is 0 Å². The zero-order valence-electron chi connectivity index (χ0n) is 12.3. The van der Waals surface area contributed by atoms with E-state index in [-0.39, 0.29) is 5.90 Å². The van der Waals surface area contributed by atoms with Crippen molar-refractivity contribution in [2.75, 3.05) is 0 Å². The molecule has 0 amide bonds. The van der Waals surface area contributed by atoms with Crippen LogP contribution in [-0.2, 0) is 9.53 Å². The number of aryl methyl sites for hydroxylation is 2. The molecule has 110 valence electrons. The second kappa shape index (κ2) is 5.78. The fourth-order valence-electron chi connectivity index (χ4n) is 2.22. The molecule has 1 heterocycles. The highest BCUT2D eigenvalue weighted by Crippen LogP contribution is 2.22. The number of cyclic esters (lactones) is 1. The summed E-state index contributed by atoms with van der Waals surface area (Å²) in [6, 6.07) is 13.1. The van der Waals surface area contributed by atoms with Crippen LogP contribution in [0, 0.1) is 13.8 Å². The van der Waals surface area contributed by atoms with Crippen LogP contribution in [0.1, 0.15) is 22.3 Å². The number of esters is 1. The fraction of sp³-hybridized carbons (Fsp3) is 0.111. The quantitative estimate of drug-likeness (QED) is 0.612. The lowest BCUT2D eigenvalue weighted by atomic mass is 10.0. The van der Waals surface area contributed by atoms with E-state index in [2.05, 4.69) is 4.99 Å². The van der Waals surface area contributed by atoms with Crippen LogP contribution in [0.4, 0.5) is 0 Å². The van der Waals surface area contributed by atoms with Crippen LogP contribution < -0.4 is 0 Å². The van der Waals surface area contributed by atoms with Gasteiger partial charge in [0.15, 0.2) is 5.70 Å². The van der Waals surface area contributed by atoms with Crippen molar-refractivity contribution >= 4 is 29.5 Å². The third kappa shape index (κ3) is 2.95. The summed E-state index contributed by atoms with van der Waals surface area (Å²) >= 11 is 5.95. The topological polar surface area (TPSA) is 38.7 Å². The molecule has 0 bridgehead atoms. The first-order valence-corrected chi connectivity index (χ1v) is 7.26. The smallest absolute Gasteiger partial charge is 0.363 e. The van der Waals surface area contributed by atoms with Gasteiger partial charge in [-0.3, -0.25) is 0 Å². The molecule has 22 heavy (non-hydrogen) atoms. The molecule has 2 aromatic rings. The number of benzene rings is 2. The molecular weight excluding hydrogens is 298 g/mol. The molecule has 0 atom stereocenters. The SMILES string of the molecule is Cc1ccc(C)c(/C=C2\N=C(c3cccc(Cl)c3)OC2=O)c1. The minimum absolute atomic E-state index is 0.282. The van der Waals surface area contributed by atoms with E-state index in [1.165, 1.54) is 0 Å². The van der Waals surface area contributed by atoms with Crippen LogP contribution in [-0.4, -0.2) is 11.9 Å². The van der Waals surface area contributed by atoms with Crippen molar-refractivity contribution in [3.63, 3.8) is 0 Å². The Morgan fingerprint density at radius 3 is 2.73 bits per heavy atom. The highest BCUT2D eigenvalue weighted by atomic mass is 35.5. The maximum atomic E-state index is 12.0. The molecule has 0 N–H and O–H groups in total. The first-order valence-electron chi connectivity index (χ1n) is 6.89. The van der Waals surface area contributed by atoms with Gasteiger partial charge >= 0.3 is 5.97 Å². The predicted octanol–water partition coefficient (Wildman–Crippen LogP) is 4.30. The van der Waals surface area contributed by atoms with Gasteiger partial charge in [0.1, 0.15) is 0 Å². The summed E-state index contributed by atoms with van der Waals surface area (Å²) in [5.41, 5.74) is 4.15. The lowest BCUT2D eigenvalue weighted by molar-refractivity contribution is -0.129. The van der Waals surface area contributed by atoms with Crippen LogP contribution >= 0.6 is 11.6 Å². The Morgan fingerprint density at radius 1 is 1.14 bits per heavy atom. The number of hydrogen-bond donors (Lipinski definition) is 0. The number of nitrogens with zero attached hydrogens (tertiary/aromatic N) is 1. The zero-order chi connectivity index (χ0) is 15.7. The number of carbonyl (C=O) groups is 1. The lowest BCUT2D eigenvalue weighted by Gasteiger charge is -2.01. The van der Waals surface area contributed by atoms with Crippen LogP contribution in [0.2, 0.25) is 5.02 Å². The van der Waals surface area contributed by atoms with Crippen LogP contribution in [0.3, 0.4) is 0 Å². The molecule has 0 saturated heterocycles. The van der Waals surface area contributed by atoms with Crippen LogP contribution in [0.15, 0.2) is 53.2 Å². The summed E-state index contributed by atoms with van der Waals surface area (Å²) in [5.74, 6) is -0.167. The van der Waals surface area contributed by atoms with Gasteiger partial charge in [0.05, 0.1) is 0 Å². The number of aliphatic imine (C=N–C) groups is 1. The van der Waals surface area contributed by atoms with Gasteiger partial charge in [0.2, 0.25) is 5.90 Å². The van der Waals surface area contributed by atoms with Gasteiger partial charge in [0.25, 0.3) is 0 Å². The molecule has 0 radical (unpaired) electrons. The van der Waals surface area contributed by atoms with Gasteiger partial charge in [-0.25, -0.2) is 9.79 Å². The molecule has 4 heteroatoms.